The molecule has 3 heteroatoms. The first-order chi connectivity index (χ1) is 7.34. The third-order valence-electron chi connectivity index (χ3n) is 3.67. The van der Waals surface area contributed by atoms with Crippen molar-refractivity contribution in [1.82, 2.24) is 4.90 Å². The van der Waals surface area contributed by atoms with Gasteiger partial charge in [0.1, 0.15) is 0 Å². The fraction of sp³-hybridized carbons (Fsp3) is 1.00. The SMILES string of the molecule is NC1CCN(CCC2CCCCO2)CC1. The fourth-order valence-corrected chi connectivity index (χ4v) is 2.54. The summed E-state index contributed by atoms with van der Waals surface area (Å²) in [5.41, 5.74) is 5.88. The smallest absolute Gasteiger partial charge is 0.0587 e. The molecule has 0 aromatic heterocycles. The summed E-state index contributed by atoms with van der Waals surface area (Å²) in [6.45, 7) is 4.56. The van der Waals surface area contributed by atoms with E-state index in [1.54, 1.807) is 0 Å². The van der Waals surface area contributed by atoms with Crippen LogP contribution in [-0.2, 0) is 4.74 Å². The summed E-state index contributed by atoms with van der Waals surface area (Å²) in [7, 11) is 0. The number of rotatable bonds is 3. The van der Waals surface area contributed by atoms with Gasteiger partial charge in [-0.05, 0) is 51.6 Å². The van der Waals surface area contributed by atoms with Gasteiger partial charge in [0.25, 0.3) is 0 Å². The number of likely N-dealkylation sites (tertiary alicyclic amines) is 1. The number of nitrogens with two attached hydrogens (primary N) is 1. The van der Waals surface area contributed by atoms with Gasteiger partial charge in [-0.25, -0.2) is 0 Å². The lowest BCUT2D eigenvalue weighted by Crippen LogP contribution is -2.41. The third kappa shape index (κ3) is 3.74. The van der Waals surface area contributed by atoms with Crippen molar-refractivity contribution >= 4 is 0 Å². The molecule has 2 aliphatic rings. The van der Waals surface area contributed by atoms with Crippen molar-refractivity contribution < 1.29 is 4.74 Å². The highest BCUT2D eigenvalue weighted by atomic mass is 16.5. The molecule has 1 atom stereocenters. The number of piperidine rings is 1. The lowest BCUT2D eigenvalue weighted by atomic mass is 10.0. The minimum absolute atomic E-state index is 0.451. The molecule has 2 N–H and O–H groups in total. The minimum Gasteiger partial charge on any atom is -0.378 e. The number of nitrogens with zero attached hydrogens (tertiary/aromatic N) is 1. The molecule has 0 aliphatic carbocycles. The predicted molar refractivity (Wildman–Crippen MR) is 61.9 cm³/mol. The van der Waals surface area contributed by atoms with Gasteiger partial charge in [-0.2, -0.15) is 0 Å². The van der Waals surface area contributed by atoms with Crippen LogP contribution in [0.1, 0.15) is 38.5 Å². The van der Waals surface area contributed by atoms with Gasteiger partial charge in [-0.15, -0.1) is 0 Å². The minimum atomic E-state index is 0.451. The second kappa shape index (κ2) is 5.83. The van der Waals surface area contributed by atoms with Crippen molar-refractivity contribution in [3.05, 3.63) is 0 Å². The van der Waals surface area contributed by atoms with Crippen molar-refractivity contribution in [3.63, 3.8) is 0 Å². The molecule has 2 saturated heterocycles. The van der Waals surface area contributed by atoms with E-state index in [4.69, 9.17) is 10.5 Å². The number of hydrogen-bond donors (Lipinski definition) is 1. The number of ether oxygens (including phenoxy) is 1. The van der Waals surface area contributed by atoms with Gasteiger partial charge < -0.3 is 15.4 Å². The van der Waals surface area contributed by atoms with E-state index in [-0.39, 0.29) is 0 Å². The third-order valence-corrected chi connectivity index (χ3v) is 3.67. The van der Waals surface area contributed by atoms with E-state index in [9.17, 15) is 0 Å². The quantitative estimate of drug-likeness (QED) is 0.768. The van der Waals surface area contributed by atoms with Crippen LogP contribution in [0.25, 0.3) is 0 Å². The van der Waals surface area contributed by atoms with Crippen LogP contribution < -0.4 is 5.73 Å². The van der Waals surface area contributed by atoms with Crippen LogP contribution in [0.15, 0.2) is 0 Å². The van der Waals surface area contributed by atoms with E-state index in [1.165, 1.54) is 58.2 Å². The topological polar surface area (TPSA) is 38.5 Å². The van der Waals surface area contributed by atoms with Crippen molar-refractivity contribution in [2.24, 2.45) is 5.73 Å². The Labute approximate surface area is 93.0 Å². The molecule has 2 rings (SSSR count). The average Bonchev–Trinajstić information content (AvgIpc) is 2.30. The second-order valence-corrected chi connectivity index (χ2v) is 4.96. The van der Waals surface area contributed by atoms with Gasteiger partial charge in [-0.1, -0.05) is 0 Å². The number of hydrogen-bond acceptors (Lipinski definition) is 3. The van der Waals surface area contributed by atoms with Gasteiger partial charge >= 0.3 is 0 Å². The first-order valence-corrected chi connectivity index (χ1v) is 6.44. The molecule has 1 unspecified atom stereocenters. The Morgan fingerprint density at radius 1 is 1.13 bits per heavy atom. The van der Waals surface area contributed by atoms with Gasteiger partial charge in [0.2, 0.25) is 0 Å². The van der Waals surface area contributed by atoms with E-state index >= 15 is 0 Å². The molecule has 0 amide bonds. The molecular weight excluding hydrogens is 188 g/mol. The predicted octanol–water partition coefficient (Wildman–Crippen LogP) is 1.37. The Bertz CT molecular complexity index is 172. The largest absolute Gasteiger partial charge is 0.378 e. The summed E-state index contributed by atoms with van der Waals surface area (Å²) in [5, 5.41) is 0. The normalized spacial score (nSPS) is 30.6. The molecule has 0 spiro atoms. The summed E-state index contributed by atoms with van der Waals surface area (Å²) in [6.07, 6.45) is 7.99. The molecule has 88 valence electrons. The molecule has 0 saturated carbocycles. The van der Waals surface area contributed by atoms with E-state index in [0.717, 1.165) is 6.61 Å². The van der Waals surface area contributed by atoms with Crippen LogP contribution >= 0.6 is 0 Å². The molecule has 0 radical (unpaired) electrons. The molecule has 2 heterocycles. The molecule has 0 aromatic carbocycles. The van der Waals surface area contributed by atoms with Crippen LogP contribution in [0, 0.1) is 0 Å². The van der Waals surface area contributed by atoms with E-state index in [1.807, 2.05) is 0 Å². The maximum atomic E-state index is 5.88. The van der Waals surface area contributed by atoms with E-state index < -0.39 is 0 Å². The molecule has 2 fully saturated rings. The van der Waals surface area contributed by atoms with Crippen LogP contribution in [-0.4, -0.2) is 43.3 Å². The molecule has 0 bridgehead atoms. The lowest BCUT2D eigenvalue weighted by molar-refractivity contribution is 0.00432. The van der Waals surface area contributed by atoms with Crippen LogP contribution in [0.5, 0.6) is 0 Å². The highest BCUT2D eigenvalue weighted by Crippen LogP contribution is 2.17. The lowest BCUT2D eigenvalue weighted by Gasteiger charge is -2.32. The van der Waals surface area contributed by atoms with Gasteiger partial charge in [0.05, 0.1) is 6.10 Å². The maximum Gasteiger partial charge on any atom is 0.0587 e. The first kappa shape index (κ1) is 11.4. The maximum absolute atomic E-state index is 5.88. The average molecular weight is 212 g/mol. The summed E-state index contributed by atoms with van der Waals surface area (Å²) >= 11 is 0. The van der Waals surface area contributed by atoms with Crippen LogP contribution in [0.3, 0.4) is 0 Å². The molecule has 0 aromatic rings. The Balaban J connectivity index is 1.60. The van der Waals surface area contributed by atoms with Gasteiger partial charge in [0, 0.05) is 19.2 Å². The molecule has 2 aliphatic heterocycles. The van der Waals surface area contributed by atoms with Gasteiger partial charge in [-0.3, -0.25) is 0 Å². The van der Waals surface area contributed by atoms with Crippen molar-refractivity contribution in [2.45, 2.75) is 50.7 Å². The standard InChI is InChI=1S/C12H24N2O/c13-11-4-7-14(8-5-11)9-6-12-3-1-2-10-15-12/h11-12H,1-10,13H2. The van der Waals surface area contributed by atoms with E-state index in [0.29, 0.717) is 12.1 Å². The van der Waals surface area contributed by atoms with E-state index in [2.05, 4.69) is 4.90 Å². The summed E-state index contributed by atoms with van der Waals surface area (Å²) in [5.74, 6) is 0. The zero-order valence-electron chi connectivity index (χ0n) is 9.66. The van der Waals surface area contributed by atoms with Crippen LogP contribution in [0.4, 0.5) is 0 Å². The Hall–Kier alpha value is -0.120. The van der Waals surface area contributed by atoms with Crippen molar-refractivity contribution in [1.29, 1.82) is 0 Å². The zero-order valence-corrected chi connectivity index (χ0v) is 9.66. The Morgan fingerprint density at radius 3 is 2.60 bits per heavy atom. The zero-order chi connectivity index (χ0) is 10.5. The highest BCUT2D eigenvalue weighted by Gasteiger charge is 2.18. The Morgan fingerprint density at radius 2 is 1.93 bits per heavy atom. The molecule has 3 nitrogen and oxygen atoms in total. The Kier molecular flexibility index (Phi) is 4.42. The van der Waals surface area contributed by atoms with Crippen molar-refractivity contribution in [3.8, 4) is 0 Å². The first-order valence-electron chi connectivity index (χ1n) is 6.44. The summed E-state index contributed by atoms with van der Waals surface area (Å²) in [4.78, 5) is 2.54. The van der Waals surface area contributed by atoms with Crippen molar-refractivity contribution in [2.75, 3.05) is 26.2 Å². The summed E-state index contributed by atoms with van der Waals surface area (Å²) < 4.78 is 5.74. The summed E-state index contributed by atoms with van der Waals surface area (Å²) in [6, 6.07) is 0.451. The fourth-order valence-electron chi connectivity index (χ4n) is 2.54. The monoisotopic (exact) mass is 212 g/mol. The molecule has 15 heavy (non-hydrogen) atoms. The molecular formula is C12H24N2O. The highest BCUT2D eigenvalue weighted by molar-refractivity contribution is 4.75. The second-order valence-electron chi connectivity index (χ2n) is 4.96. The van der Waals surface area contributed by atoms with Gasteiger partial charge in [0.15, 0.2) is 0 Å². The van der Waals surface area contributed by atoms with Crippen LogP contribution in [0.2, 0.25) is 0 Å².